The highest BCUT2D eigenvalue weighted by Gasteiger charge is 2.10. The number of carbonyl (C=O) groups is 1. The number of amides is 1. The highest BCUT2D eigenvalue weighted by atomic mass is 32.1. The standard InChI is InChI=1S/C20H19N3O3S/c1-4-9-22-17-10-13(2)14(3)11-18(17)27-20(22)21-19(24)12-15-5-7-16(8-6-15)23(25)26/h4-8,10-11H,1,9,12H2,2-3H3. The lowest BCUT2D eigenvalue weighted by Gasteiger charge is -2.04. The van der Waals surface area contributed by atoms with Gasteiger partial charge in [0.05, 0.1) is 21.6 Å². The number of nitrogens with zero attached hydrogens (tertiary/aromatic N) is 3. The number of hydrogen-bond donors (Lipinski definition) is 0. The maximum atomic E-state index is 12.4. The minimum Gasteiger partial charge on any atom is -0.312 e. The summed E-state index contributed by atoms with van der Waals surface area (Å²) >= 11 is 1.47. The van der Waals surface area contributed by atoms with Crippen molar-refractivity contribution in [2.24, 2.45) is 4.99 Å². The Morgan fingerprint density at radius 1 is 1.26 bits per heavy atom. The molecule has 6 nitrogen and oxygen atoms in total. The highest BCUT2D eigenvalue weighted by Crippen LogP contribution is 2.22. The van der Waals surface area contributed by atoms with E-state index >= 15 is 0 Å². The Morgan fingerprint density at radius 3 is 2.56 bits per heavy atom. The molecule has 0 aliphatic rings. The van der Waals surface area contributed by atoms with Gasteiger partial charge in [-0.05, 0) is 42.7 Å². The van der Waals surface area contributed by atoms with Gasteiger partial charge in [0, 0.05) is 18.7 Å². The Kier molecular flexibility index (Phi) is 5.32. The van der Waals surface area contributed by atoms with Gasteiger partial charge in [0.1, 0.15) is 0 Å². The molecule has 1 heterocycles. The highest BCUT2D eigenvalue weighted by molar-refractivity contribution is 7.16. The molecule has 3 aromatic rings. The van der Waals surface area contributed by atoms with Crippen molar-refractivity contribution in [1.82, 2.24) is 4.57 Å². The van der Waals surface area contributed by atoms with Gasteiger partial charge >= 0.3 is 0 Å². The molecule has 0 saturated heterocycles. The van der Waals surface area contributed by atoms with Crippen molar-refractivity contribution in [3.63, 3.8) is 0 Å². The van der Waals surface area contributed by atoms with Gasteiger partial charge in [0.25, 0.3) is 11.6 Å². The second-order valence-corrected chi connectivity index (χ2v) is 7.30. The summed E-state index contributed by atoms with van der Waals surface area (Å²) in [4.78, 5) is 27.6. The molecule has 0 spiro atoms. The average molecular weight is 381 g/mol. The third kappa shape index (κ3) is 4.03. The monoisotopic (exact) mass is 381 g/mol. The van der Waals surface area contributed by atoms with E-state index in [1.54, 1.807) is 18.2 Å². The number of fused-ring (bicyclic) bond motifs is 1. The van der Waals surface area contributed by atoms with E-state index in [0.29, 0.717) is 16.9 Å². The summed E-state index contributed by atoms with van der Waals surface area (Å²) in [6, 6.07) is 10.2. The first-order valence-corrected chi connectivity index (χ1v) is 9.23. The molecule has 1 amide bonds. The molecule has 27 heavy (non-hydrogen) atoms. The van der Waals surface area contributed by atoms with Crippen molar-refractivity contribution in [2.75, 3.05) is 0 Å². The third-order valence-corrected chi connectivity index (χ3v) is 5.37. The van der Waals surface area contributed by atoms with Crippen molar-refractivity contribution in [2.45, 2.75) is 26.8 Å². The van der Waals surface area contributed by atoms with Crippen molar-refractivity contribution < 1.29 is 9.72 Å². The smallest absolute Gasteiger partial charge is 0.269 e. The third-order valence-electron chi connectivity index (χ3n) is 4.33. The summed E-state index contributed by atoms with van der Waals surface area (Å²) in [6.45, 7) is 8.47. The van der Waals surface area contributed by atoms with Gasteiger partial charge in [0.15, 0.2) is 4.80 Å². The van der Waals surface area contributed by atoms with Gasteiger partial charge in [0.2, 0.25) is 0 Å². The van der Waals surface area contributed by atoms with Crippen molar-refractivity contribution in [1.29, 1.82) is 0 Å². The van der Waals surface area contributed by atoms with E-state index in [0.717, 1.165) is 10.2 Å². The van der Waals surface area contributed by atoms with E-state index in [-0.39, 0.29) is 18.0 Å². The predicted molar refractivity (Wildman–Crippen MR) is 107 cm³/mol. The van der Waals surface area contributed by atoms with Crippen LogP contribution in [0, 0.1) is 24.0 Å². The van der Waals surface area contributed by atoms with Gasteiger partial charge in [-0.2, -0.15) is 4.99 Å². The number of benzene rings is 2. The fourth-order valence-electron chi connectivity index (χ4n) is 2.77. The Hall–Kier alpha value is -3.06. The second kappa shape index (κ2) is 7.67. The van der Waals surface area contributed by atoms with E-state index < -0.39 is 4.92 Å². The lowest BCUT2D eigenvalue weighted by molar-refractivity contribution is -0.384. The summed E-state index contributed by atoms with van der Waals surface area (Å²) < 4.78 is 3.05. The summed E-state index contributed by atoms with van der Waals surface area (Å²) in [5.41, 5.74) is 4.10. The zero-order chi connectivity index (χ0) is 19.6. The van der Waals surface area contributed by atoms with Crippen molar-refractivity contribution >= 4 is 33.1 Å². The molecule has 0 N–H and O–H groups in total. The summed E-state index contributed by atoms with van der Waals surface area (Å²) in [6.07, 6.45) is 1.87. The van der Waals surface area contributed by atoms with E-state index in [9.17, 15) is 14.9 Å². The Labute approximate surface area is 160 Å². The fraction of sp³-hybridized carbons (Fsp3) is 0.200. The van der Waals surface area contributed by atoms with Crippen LogP contribution >= 0.6 is 11.3 Å². The maximum absolute atomic E-state index is 12.4. The zero-order valence-corrected chi connectivity index (χ0v) is 16.0. The number of carbonyl (C=O) groups excluding carboxylic acids is 1. The van der Waals surface area contributed by atoms with Crippen LogP contribution in [0.2, 0.25) is 0 Å². The molecule has 0 aliphatic heterocycles. The van der Waals surface area contributed by atoms with Gasteiger partial charge < -0.3 is 4.57 Å². The minimum atomic E-state index is -0.463. The van der Waals surface area contributed by atoms with Gasteiger partial charge in [-0.1, -0.05) is 29.5 Å². The summed E-state index contributed by atoms with van der Waals surface area (Å²) in [7, 11) is 0. The van der Waals surface area contributed by atoms with Gasteiger partial charge in [-0.25, -0.2) is 0 Å². The van der Waals surface area contributed by atoms with Crippen LogP contribution < -0.4 is 4.80 Å². The molecule has 0 atom stereocenters. The molecule has 138 valence electrons. The maximum Gasteiger partial charge on any atom is 0.269 e. The molecule has 7 heteroatoms. The molecule has 2 aromatic carbocycles. The summed E-state index contributed by atoms with van der Waals surface area (Å²) in [5, 5.41) is 10.7. The van der Waals surface area contributed by atoms with Crippen molar-refractivity contribution in [3.8, 4) is 0 Å². The van der Waals surface area contributed by atoms with Crippen LogP contribution in [0.25, 0.3) is 10.2 Å². The summed E-state index contributed by atoms with van der Waals surface area (Å²) in [5.74, 6) is -0.290. The van der Waals surface area contributed by atoms with Crippen LogP contribution in [0.5, 0.6) is 0 Å². The zero-order valence-electron chi connectivity index (χ0n) is 15.1. The number of aromatic nitrogens is 1. The molecule has 0 fully saturated rings. The largest absolute Gasteiger partial charge is 0.312 e. The molecule has 0 radical (unpaired) electrons. The molecule has 3 rings (SSSR count). The molecule has 0 saturated carbocycles. The molecule has 0 bridgehead atoms. The normalized spacial score (nSPS) is 11.7. The first-order chi connectivity index (χ1) is 12.9. The van der Waals surface area contributed by atoms with Crippen LogP contribution in [0.1, 0.15) is 16.7 Å². The minimum absolute atomic E-state index is 0.00204. The van der Waals surface area contributed by atoms with Crippen LogP contribution in [-0.4, -0.2) is 15.4 Å². The number of allylic oxidation sites excluding steroid dienone is 1. The number of nitro benzene ring substituents is 1. The first kappa shape index (κ1) is 18.7. The van der Waals surface area contributed by atoms with Crippen LogP contribution in [0.3, 0.4) is 0 Å². The number of aryl methyl sites for hydroxylation is 2. The van der Waals surface area contributed by atoms with E-state index in [2.05, 4.69) is 37.6 Å². The van der Waals surface area contributed by atoms with E-state index in [4.69, 9.17) is 0 Å². The Balaban J connectivity index is 1.96. The number of hydrogen-bond acceptors (Lipinski definition) is 4. The van der Waals surface area contributed by atoms with Gasteiger partial charge in [-0.15, -0.1) is 6.58 Å². The van der Waals surface area contributed by atoms with Crippen molar-refractivity contribution in [3.05, 3.63) is 80.7 Å². The van der Waals surface area contributed by atoms with Crippen LogP contribution in [0.15, 0.2) is 54.0 Å². The van der Waals surface area contributed by atoms with E-state index in [1.807, 2.05) is 4.57 Å². The molecule has 1 aromatic heterocycles. The number of nitro groups is 1. The quantitative estimate of drug-likeness (QED) is 0.379. The Bertz CT molecular complexity index is 1110. The van der Waals surface area contributed by atoms with Crippen LogP contribution in [0.4, 0.5) is 5.69 Å². The molecule has 0 aliphatic carbocycles. The Morgan fingerprint density at radius 2 is 1.93 bits per heavy atom. The first-order valence-electron chi connectivity index (χ1n) is 8.41. The molecule has 0 unspecified atom stereocenters. The number of thiazole rings is 1. The lowest BCUT2D eigenvalue weighted by Crippen LogP contribution is -2.17. The SMILES string of the molecule is C=CCn1c(=NC(=O)Cc2ccc([N+](=O)[O-])cc2)sc2cc(C)c(C)cc21. The molecular weight excluding hydrogens is 362 g/mol. The van der Waals surface area contributed by atoms with Crippen LogP contribution in [-0.2, 0) is 17.8 Å². The topological polar surface area (TPSA) is 77.5 Å². The number of rotatable bonds is 5. The number of non-ortho nitro benzene ring substituents is 1. The van der Waals surface area contributed by atoms with Gasteiger partial charge in [-0.3, -0.25) is 14.9 Å². The second-order valence-electron chi connectivity index (χ2n) is 6.29. The molecular formula is C20H19N3O3S. The average Bonchev–Trinajstić information content (AvgIpc) is 2.92. The predicted octanol–water partition coefficient (Wildman–Crippen LogP) is 4.08. The fourth-order valence-corrected chi connectivity index (χ4v) is 3.91. The lowest BCUT2D eigenvalue weighted by atomic mass is 10.1. The van der Waals surface area contributed by atoms with E-state index in [1.165, 1.54) is 34.6 Å².